The Morgan fingerprint density at radius 1 is 1.42 bits per heavy atom. The van der Waals surface area contributed by atoms with E-state index in [4.69, 9.17) is 5.73 Å². The highest BCUT2D eigenvalue weighted by Crippen LogP contribution is 2.23. The third-order valence-electron chi connectivity index (χ3n) is 3.22. The summed E-state index contributed by atoms with van der Waals surface area (Å²) < 4.78 is 38.9. The lowest BCUT2D eigenvalue weighted by atomic mass is 9.99. The van der Waals surface area contributed by atoms with Gasteiger partial charge in [-0.2, -0.15) is 4.31 Å². The zero-order valence-electron chi connectivity index (χ0n) is 10.3. The number of carbonyl (C=O) groups is 1. The Labute approximate surface area is 111 Å². The summed E-state index contributed by atoms with van der Waals surface area (Å²) >= 11 is 0. The van der Waals surface area contributed by atoms with E-state index in [0.29, 0.717) is 19.4 Å². The van der Waals surface area contributed by atoms with Crippen LogP contribution in [-0.4, -0.2) is 31.7 Å². The fraction of sp³-hybridized carbons (Fsp3) is 0.417. The van der Waals surface area contributed by atoms with Crippen molar-refractivity contribution in [2.24, 2.45) is 11.7 Å². The molecular formula is C12H15FN2O3S. The lowest BCUT2D eigenvalue weighted by Gasteiger charge is -2.30. The molecule has 1 aromatic rings. The van der Waals surface area contributed by atoms with Crippen molar-refractivity contribution in [1.29, 1.82) is 0 Å². The molecule has 1 saturated heterocycles. The van der Waals surface area contributed by atoms with Gasteiger partial charge in [0.15, 0.2) is 0 Å². The monoisotopic (exact) mass is 286 g/mol. The number of benzene rings is 1. The van der Waals surface area contributed by atoms with Gasteiger partial charge < -0.3 is 5.73 Å². The lowest BCUT2D eigenvalue weighted by Crippen LogP contribution is -2.44. The number of rotatable bonds is 3. The van der Waals surface area contributed by atoms with E-state index in [2.05, 4.69) is 0 Å². The first-order chi connectivity index (χ1) is 8.91. The molecule has 2 rings (SSSR count). The van der Waals surface area contributed by atoms with Gasteiger partial charge in [0.05, 0.1) is 10.8 Å². The van der Waals surface area contributed by atoms with E-state index < -0.39 is 27.7 Å². The highest BCUT2D eigenvalue weighted by Gasteiger charge is 2.32. The van der Waals surface area contributed by atoms with Gasteiger partial charge in [-0.1, -0.05) is 6.07 Å². The Bertz CT molecular complexity index is 588. The summed E-state index contributed by atoms with van der Waals surface area (Å²) in [5.41, 5.74) is 5.22. The van der Waals surface area contributed by atoms with Crippen LogP contribution in [0.25, 0.3) is 0 Å². The maximum Gasteiger partial charge on any atom is 0.243 e. The van der Waals surface area contributed by atoms with Crippen LogP contribution in [0.3, 0.4) is 0 Å². The highest BCUT2D eigenvalue weighted by atomic mass is 32.2. The number of nitrogens with two attached hydrogens (primary N) is 1. The number of piperidine rings is 1. The summed E-state index contributed by atoms with van der Waals surface area (Å²) in [6.07, 6.45) is 1.16. The van der Waals surface area contributed by atoms with Crippen LogP contribution in [0.2, 0.25) is 0 Å². The third-order valence-corrected chi connectivity index (χ3v) is 5.08. The molecule has 1 amide bonds. The summed E-state index contributed by atoms with van der Waals surface area (Å²) in [7, 11) is -3.77. The minimum absolute atomic E-state index is 0.0637. The van der Waals surface area contributed by atoms with Crippen molar-refractivity contribution >= 4 is 15.9 Å². The predicted octanol–water partition coefficient (Wildman–Crippen LogP) is 0.712. The van der Waals surface area contributed by atoms with E-state index in [1.165, 1.54) is 22.5 Å². The first kappa shape index (κ1) is 14.0. The summed E-state index contributed by atoms with van der Waals surface area (Å²) in [4.78, 5) is 11.1. The van der Waals surface area contributed by atoms with Crippen LogP contribution in [0.1, 0.15) is 12.8 Å². The van der Waals surface area contributed by atoms with Gasteiger partial charge in [-0.05, 0) is 31.0 Å². The minimum Gasteiger partial charge on any atom is -0.369 e. The molecule has 5 nitrogen and oxygen atoms in total. The van der Waals surface area contributed by atoms with E-state index in [-0.39, 0.29) is 11.4 Å². The number of primary amides is 1. The van der Waals surface area contributed by atoms with E-state index in [1.807, 2.05) is 0 Å². The zero-order valence-corrected chi connectivity index (χ0v) is 11.1. The van der Waals surface area contributed by atoms with Crippen molar-refractivity contribution in [2.45, 2.75) is 17.7 Å². The third kappa shape index (κ3) is 2.93. The van der Waals surface area contributed by atoms with Crippen LogP contribution in [0.15, 0.2) is 29.2 Å². The molecular weight excluding hydrogens is 271 g/mol. The number of nitrogens with zero attached hydrogens (tertiary/aromatic N) is 1. The van der Waals surface area contributed by atoms with Gasteiger partial charge in [0.2, 0.25) is 15.9 Å². The molecule has 1 atom stereocenters. The van der Waals surface area contributed by atoms with Gasteiger partial charge in [0.1, 0.15) is 5.82 Å². The number of hydrogen-bond acceptors (Lipinski definition) is 3. The normalized spacial score (nSPS) is 21.2. The second-order valence-corrected chi connectivity index (χ2v) is 6.50. The standard InChI is InChI=1S/C12H15FN2O3S/c13-10-4-1-5-11(7-10)19(17,18)15-6-2-3-9(8-15)12(14)16/h1,4-5,7,9H,2-3,6,8H2,(H2,14,16)/t9-/m1/s1. The Morgan fingerprint density at radius 3 is 2.79 bits per heavy atom. The molecule has 0 radical (unpaired) electrons. The van der Waals surface area contributed by atoms with Crippen LogP contribution in [-0.2, 0) is 14.8 Å². The molecule has 2 N–H and O–H groups in total. The number of carbonyl (C=O) groups excluding carboxylic acids is 1. The molecule has 0 aliphatic carbocycles. The van der Waals surface area contributed by atoms with Gasteiger partial charge in [0.25, 0.3) is 0 Å². The number of amides is 1. The fourth-order valence-electron chi connectivity index (χ4n) is 2.17. The number of halogens is 1. The van der Waals surface area contributed by atoms with Gasteiger partial charge in [-0.25, -0.2) is 12.8 Å². The first-order valence-electron chi connectivity index (χ1n) is 5.96. The smallest absolute Gasteiger partial charge is 0.243 e. The van der Waals surface area contributed by atoms with Crippen LogP contribution < -0.4 is 5.73 Å². The molecule has 0 unspecified atom stereocenters. The molecule has 7 heteroatoms. The number of hydrogen-bond donors (Lipinski definition) is 1. The molecule has 1 aromatic carbocycles. The topological polar surface area (TPSA) is 80.5 Å². The van der Waals surface area contributed by atoms with Crippen molar-refractivity contribution in [3.8, 4) is 0 Å². The van der Waals surface area contributed by atoms with Gasteiger partial charge in [-0.3, -0.25) is 4.79 Å². The van der Waals surface area contributed by atoms with Gasteiger partial charge in [-0.15, -0.1) is 0 Å². The quantitative estimate of drug-likeness (QED) is 0.888. The average molecular weight is 286 g/mol. The average Bonchev–Trinajstić information content (AvgIpc) is 2.39. The van der Waals surface area contributed by atoms with Crippen LogP contribution in [0.5, 0.6) is 0 Å². The zero-order chi connectivity index (χ0) is 14.0. The van der Waals surface area contributed by atoms with Crippen molar-refractivity contribution in [1.82, 2.24) is 4.31 Å². The summed E-state index contributed by atoms with van der Waals surface area (Å²) in [6.45, 7) is 0.386. The number of sulfonamides is 1. The van der Waals surface area contributed by atoms with Crippen molar-refractivity contribution < 1.29 is 17.6 Å². The molecule has 19 heavy (non-hydrogen) atoms. The minimum atomic E-state index is -3.77. The van der Waals surface area contributed by atoms with Gasteiger partial charge >= 0.3 is 0 Å². The Balaban J connectivity index is 2.27. The lowest BCUT2D eigenvalue weighted by molar-refractivity contribution is -0.122. The maximum absolute atomic E-state index is 13.1. The van der Waals surface area contributed by atoms with Crippen molar-refractivity contribution in [2.75, 3.05) is 13.1 Å². The summed E-state index contributed by atoms with van der Waals surface area (Å²) in [5, 5.41) is 0. The predicted molar refractivity (Wildman–Crippen MR) is 67.1 cm³/mol. The second kappa shape index (κ2) is 5.26. The Morgan fingerprint density at radius 2 is 2.16 bits per heavy atom. The summed E-state index contributed by atoms with van der Waals surface area (Å²) in [6, 6.07) is 4.84. The first-order valence-corrected chi connectivity index (χ1v) is 7.40. The second-order valence-electron chi connectivity index (χ2n) is 4.56. The van der Waals surface area contributed by atoms with E-state index in [1.54, 1.807) is 0 Å². The molecule has 104 valence electrons. The Kier molecular flexibility index (Phi) is 3.86. The molecule has 0 spiro atoms. The van der Waals surface area contributed by atoms with Crippen LogP contribution >= 0.6 is 0 Å². The molecule has 0 aromatic heterocycles. The fourth-order valence-corrected chi connectivity index (χ4v) is 3.73. The molecule has 1 fully saturated rings. The van der Waals surface area contributed by atoms with Crippen LogP contribution in [0, 0.1) is 11.7 Å². The molecule has 0 bridgehead atoms. The van der Waals surface area contributed by atoms with E-state index >= 15 is 0 Å². The molecule has 1 heterocycles. The van der Waals surface area contributed by atoms with E-state index in [9.17, 15) is 17.6 Å². The van der Waals surface area contributed by atoms with E-state index in [0.717, 1.165) is 6.07 Å². The summed E-state index contributed by atoms with van der Waals surface area (Å²) in [5.74, 6) is -1.58. The maximum atomic E-state index is 13.1. The van der Waals surface area contributed by atoms with Gasteiger partial charge in [0, 0.05) is 13.1 Å². The SMILES string of the molecule is NC(=O)[C@@H]1CCCN(S(=O)(=O)c2cccc(F)c2)C1. The van der Waals surface area contributed by atoms with Crippen molar-refractivity contribution in [3.05, 3.63) is 30.1 Å². The van der Waals surface area contributed by atoms with Crippen molar-refractivity contribution in [3.63, 3.8) is 0 Å². The largest absolute Gasteiger partial charge is 0.369 e. The van der Waals surface area contributed by atoms with Crippen LogP contribution in [0.4, 0.5) is 4.39 Å². The highest BCUT2D eigenvalue weighted by molar-refractivity contribution is 7.89. The molecule has 1 aliphatic rings. The molecule has 1 aliphatic heterocycles. The molecule has 0 saturated carbocycles. The Hall–Kier alpha value is -1.47.